The number of nitrogen functional groups attached to an aromatic ring is 1. The molecule has 0 aliphatic rings. The van der Waals surface area contributed by atoms with Crippen LogP contribution >= 0.6 is 0 Å². The van der Waals surface area contributed by atoms with Gasteiger partial charge in [0.25, 0.3) is 0 Å². The predicted octanol–water partition coefficient (Wildman–Crippen LogP) is 1.76. The van der Waals surface area contributed by atoms with E-state index in [2.05, 4.69) is 34.0 Å². The van der Waals surface area contributed by atoms with Crippen LogP contribution in [-0.4, -0.2) is 20.2 Å². The van der Waals surface area contributed by atoms with Crippen molar-refractivity contribution in [2.24, 2.45) is 0 Å². The first-order valence-corrected chi connectivity index (χ1v) is 5.52. The maximum Gasteiger partial charge on any atom is 0.219 e. The zero-order valence-corrected chi connectivity index (χ0v) is 9.91. The maximum atomic E-state index is 5.47. The zero-order valence-electron chi connectivity index (χ0n) is 9.91. The van der Waals surface area contributed by atoms with Gasteiger partial charge in [0.1, 0.15) is 0 Å². The number of rotatable bonds is 3. The van der Waals surface area contributed by atoms with Gasteiger partial charge in [0.05, 0.1) is 6.20 Å². The Morgan fingerprint density at radius 3 is 2.18 bits per heavy atom. The third-order valence-electron chi connectivity index (χ3n) is 3.10. The van der Waals surface area contributed by atoms with Crippen molar-refractivity contribution in [3.8, 4) is 0 Å². The molecule has 2 aromatic heterocycles. The topological polar surface area (TPSA) is 77.6 Å². The Bertz CT molecular complexity index is 468. The van der Waals surface area contributed by atoms with Crippen molar-refractivity contribution >= 4 is 5.95 Å². The van der Waals surface area contributed by atoms with Gasteiger partial charge < -0.3 is 5.73 Å². The Morgan fingerprint density at radius 2 is 1.59 bits per heavy atom. The lowest BCUT2D eigenvalue weighted by atomic mass is 9.86. The molecule has 17 heavy (non-hydrogen) atoms. The highest BCUT2D eigenvalue weighted by atomic mass is 15.1. The lowest BCUT2D eigenvalue weighted by Gasteiger charge is -2.19. The first kappa shape index (κ1) is 11.4. The quantitative estimate of drug-likeness (QED) is 0.867. The Labute approximate surface area is 100 Å². The minimum absolute atomic E-state index is 0.305. The molecule has 5 nitrogen and oxygen atoms in total. The van der Waals surface area contributed by atoms with Crippen molar-refractivity contribution in [2.75, 3.05) is 5.73 Å². The number of nitrogens with zero attached hydrogens (tertiary/aromatic N) is 4. The van der Waals surface area contributed by atoms with E-state index >= 15 is 0 Å². The molecule has 2 heterocycles. The monoisotopic (exact) mass is 229 g/mol. The molecule has 2 unspecified atom stereocenters. The Balaban J connectivity index is 2.20. The molecule has 0 amide bonds. The van der Waals surface area contributed by atoms with Gasteiger partial charge in [0, 0.05) is 18.6 Å². The van der Waals surface area contributed by atoms with Crippen LogP contribution in [0.15, 0.2) is 30.9 Å². The van der Waals surface area contributed by atoms with Crippen LogP contribution in [0.25, 0.3) is 0 Å². The van der Waals surface area contributed by atoms with Crippen LogP contribution < -0.4 is 5.73 Å². The summed E-state index contributed by atoms with van der Waals surface area (Å²) in [7, 11) is 0. The van der Waals surface area contributed by atoms with E-state index in [9.17, 15) is 0 Å². The van der Waals surface area contributed by atoms with Gasteiger partial charge in [-0.05, 0) is 29.0 Å². The molecule has 0 spiro atoms. The van der Waals surface area contributed by atoms with E-state index in [1.54, 1.807) is 24.8 Å². The molecule has 0 aliphatic heterocycles. The Hall–Kier alpha value is -2.04. The fourth-order valence-electron chi connectivity index (χ4n) is 1.73. The summed E-state index contributed by atoms with van der Waals surface area (Å²) >= 11 is 0. The first-order valence-electron chi connectivity index (χ1n) is 5.52. The largest absolute Gasteiger partial charge is 0.368 e. The maximum absolute atomic E-state index is 5.47. The minimum atomic E-state index is 0.305. The van der Waals surface area contributed by atoms with Crippen molar-refractivity contribution in [3.05, 3.63) is 42.0 Å². The molecular weight excluding hydrogens is 214 g/mol. The Morgan fingerprint density at radius 1 is 0.941 bits per heavy atom. The molecular formula is C12H15N5. The fraction of sp³-hybridized carbons (Fsp3) is 0.333. The normalized spacial score (nSPS) is 14.2. The summed E-state index contributed by atoms with van der Waals surface area (Å²) in [4.78, 5) is 8.03. The second-order valence-corrected chi connectivity index (χ2v) is 4.13. The van der Waals surface area contributed by atoms with Gasteiger partial charge in [-0.2, -0.15) is 10.2 Å². The molecule has 0 fully saturated rings. The van der Waals surface area contributed by atoms with E-state index in [4.69, 9.17) is 5.73 Å². The number of hydrogen-bond donors (Lipinski definition) is 1. The lowest BCUT2D eigenvalue weighted by molar-refractivity contribution is 0.615. The van der Waals surface area contributed by atoms with Gasteiger partial charge in [-0.3, -0.25) is 0 Å². The minimum Gasteiger partial charge on any atom is -0.368 e. The van der Waals surface area contributed by atoms with E-state index in [1.807, 2.05) is 6.07 Å². The van der Waals surface area contributed by atoms with Gasteiger partial charge in [-0.15, -0.1) is 0 Å². The van der Waals surface area contributed by atoms with Crippen molar-refractivity contribution in [3.63, 3.8) is 0 Å². The van der Waals surface area contributed by atoms with Crippen molar-refractivity contribution in [1.29, 1.82) is 0 Å². The number of nitrogens with two attached hydrogens (primary N) is 1. The highest BCUT2D eigenvalue weighted by molar-refractivity contribution is 5.24. The van der Waals surface area contributed by atoms with Crippen molar-refractivity contribution in [2.45, 2.75) is 25.7 Å². The van der Waals surface area contributed by atoms with Crippen molar-refractivity contribution < 1.29 is 0 Å². The van der Waals surface area contributed by atoms with Crippen molar-refractivity contribution in [1.82, 2.24) is 20.2 Å². The third kappa shape index (κ3) is 2.55. The number of hydrogen-bond acceptors (Lipinski definition) is 5. The lowest BCUT2D eigenvalue weighted by Crippen LogP contribution is -2.07. The molecule has 88 valence electrons. The molecule has 2 atom stereocenters. The average molecular weight is 229 g/mol. The number of aromatic nitrogens is 4. The summed E-state index contributed by atoms with van der Waals surface area (Å²) < 4.78 is 0. The first-order chi connectivity index (χ1) is 8.18. The van der Waals surface area contributed by atoms with Crippen LogP contribution in [0.4, 0.5) is 5.95 Å². The van der Waals surface area contributed by atoms with Gasteiger partial charge in [-0.1, -0.05) is 13.8 Å². The third-order valence-corrected chi connectivity index (χ3v) is 3.10. The van der Waals surface area contributed by atoms with E-state index in [-0.39, 0.29) is 0 Å². The van der Waals surface area contributed by atoms with Gasteiger partial charge in [0.15, 0.2) is 0 Å². The number of anilines is 1. The van der Waals surface area contributed by atoms with Gasteiger partial charge in [0.2, 0.25) is 5.95 Å². The second kappa shape index (κ2) is 4.86. The molecule has 0 aromatic carbocycles. The van der Waals surface area contributed by atoms with Crippen LogP contribution in [0, 0.1) is 0 Å². The molecule has 2 N–H and O–H groups in total. The summed E-state index contributed by atoms with van der Waals surface area (Å²) in [6.07, 6.45) is 7.05. The molecule has 2 aromatic rings. The Kier molecular flexibility index (Phi) is 3.27. The van der Waals surface area contributed by atoms with Crippen LogP contribution in [-0.2, 0) is 0 Å². The molecule has 0 radical (unpaired) electrons. The smallest absolute Gasteiger partial charge is 0.219 e. The van der Waals surface area contributed by atoms with Crippen LogP contribution in [0.5, 0.6) is 0 Å². The summed E-state index contributed by atoms with van der Waals surface area (Å²) in [6, 6.07) is 1.98. The zero-order chi connectivity index (χ0) is 12.3. The fourth-order valence-corrected chi connectivity index (χ4v) is 1.73. The van der Waals surface area contributed by atoms with E-state index in [0.717, 1.165) is 11.1 Å². The van der Waals surface area contributed by atoms with Crippen LogP contribution in [0.2, 0.25) is 0 Å². The molecule has 0 saturated carbocycles. The predicted molar refractivity (Wildman–Crippen MR) is 65.3 cm³/mol. The van der Waals surface area contributed by atoms with Crippen LogP contribution in [0.3, 0.4) is 0 Å². The van der Waals surface area contributed by atoms with Crippen LogP contribution in [0.1, 0.15) is 36.8 Å². The molecule has 5 heteroatoms. The van der Waals surface area contributed by atoms with Gasteiger partial charge in [-0.25, -0.2) is 9.97 Å². The summed E-state index contributed by atoms with van der Waals surface area (Å²) in [5, 5.41) is 7.67. The summed E-state index contributed by atoms with van der Waals surface area (Å²) in [6.45, 7) is 4.29. The average Bonchev–Trinajstić information content (AvgIpc) is 2.39. The van der Waals surface area contributed by atoms with Gasteiger partial charge >= 0.3 is 0 Å². The highest BCUT2D eigenvalue weighted by Gasteiger charge is 2.17. The molecule has 0 saturated heterocycles. The SMILES string of the molecule is CC(c1ccnnc1)C(C)c1cnc(N)nc1. The van der Waals surface area contributed by atoms with E-state index < -0.39 is 0 Å². The summed E-state index contributed by atoms with van der Waals surface area (Å²) in [5.74, 6) is 0.941. The molecule has 0 aliphatic carbocycles. The summed E-state index contributed by atoms with van der Waals surface area (Å²) in [5.41, 5.74) is 7.70. The molecule has 0 bridgehead atoms. The van der Waals surface area contributed by atoms with E-state index in [0.29, 0.717) is 17.8 Å². The second-order valence-electron chi connectivity index (χ2n) is 4.13. The highest BCUT2D eigenvalue weighted by Crippen LogP contribution is 2.30. The molecule has 2 rings (SSSR count). The van der Waals surface area contributed by atoms with E-state index in [1.165, 1.54) is 0 Å². The standard InChI is InChI=1S/C12H15N5/c1-8(10-3-4-16-17-7-10)9(2)11-5-14-12(13)15-6-11/h3-9H,1-2H3,(H2,13,14,15).